The Hall–Kier alpha value is -1.24. The van der Waals surface area contributed by atoms with E-state index in [-0.39, 0.29) is 0 Å². The van der Waals surface area contributed by atoms with E-state index >= 15 is 0 Å². The van der Waals surface area contributed by atoms with Crippen LogP contribution in [0.15, 0.2) is 30.8 Å². The first-order valence-corrected chi connectivity index (χ1v) is 5.76. The van der Waals surface area contributed by atoms with Crippen molar-refractivity contribution in [1.29, 1.82) is 0 Å². The molecule has 0 saturated heterocycles. The lowest BCUT2D eigenvalue weighted by Crippen LogP contribution is -2.21. The van der Waals surface area contributed by atoms with Crippen molar-refractivity contribution in [3.8, 4) is 0 Å². The first kappa shape index (κ1) is 11.8. The van der Waals surface area contributed by atoms with E-state index in [1.807, 2.05) is 0 Å². The minimum atomic E-state index is 1.02. The number of anilines is 1. The average Bonchev–Trinajstić information content (AvgIpc) is 2.30. The fraction of sp³-hybridized carbons (Fsp3) is 0.429. The molecule has 0 saturated carbocycles. The summed E-state index contributed by atoms with van der Waals surface area (Å²) in [7, 11) is 0. The summed E-state index contributed by atoms with van der Waals surface area (Å²) in [4.78, 5) is 2.35. The summed E-state index contributed by atoms with van der Waals surface area (Å²) in [5.74, 6) is 0. The number of hydrogen-bond acceptors (Lipinski definition) is 1. The molecular formula is C14H21N. The Bertz CT molecular complexity index is 307. The van der Waals surface area contributed by atoms with E-state index in [4.69, 9.17) is 0 Å². The predicted molar refractivity (Wildman–Crippen MR) is 69.3 cm³/mol. The summed E-state index contributed by atoms with van der Waals surface area (Å²) in [5.41, 5.74) is 3.77. The van der Waals surface area contributed by atoms with Crippen LogP contribution in [0.4, 0.5) is 5.69 Å². The van der Waals surface area contributed by atoms with Crippen LogP contribution in [0.5, 0.6) is 0 Å². The van der Waals surface area contributed by atoms with Crippen LogP contribution in [-0.4, -0.2) is 13.1 Å². The lowest BCUT2D eigenvalue weighted by molar-refractivity contribution is 0.866. The molecule has 1 nitrogen and oxygen atoms in total. The highest BCUT2D eigenvalue weighted by Gasteiger charge is 2.01. The molecule has 1 aromatic carbocycles. The molecule has 0 unspecified atom stereocenters. The third-order valence-corrected chi connectivity index (χ3v) is 2.83. The number of nitrogens with zero attached hydrogens (tertiary/aromatic N) is 1. The molecule has 82 valence electrons. The lowest BCUT2D eigenvalue weighted by Gasteiger charge is -2.21. The van der Waals surface area contributed by atoms with Crippen LogP contribution in [0.2, 0.25) is 0 Å². The van der Waals surface area contributed by atoms with Gasteiger partial charge in [0.25, 0.3) is 0 Å². The van der Waals surface area contributed by atoms with E-state index in [1.165, 1.54) is 16.8 Å². The van der Waals surface area contributed by atoms with Gasteiger partial charge in [0, 0.05) is 18.8 Å². The normalized spacial score (nSPS) is 10.1. The summed E-state index contributed by atoms with van der Waals surface area (Å²) < 4.78 is 0. The van der Waals surface area contributed by atoms with E-state index in [1.54, 1.807) is 0 Å². The second-order valence-corrected chi connectivity index (χ2v) is 3.68. The molecule has 1 rings (SSSR count). The monoisotopic (exact) mass is 203 g/mol. The van der Waals surface area contributed by atoms with Crippen molar-refractivity contribution in [1.82, 2.24) is 0 Å². The highest BCUT2D eigenvalue weighted by Crippen LogP contribution is 2.20. The van der Waals surface area contributed by atoms with Crippen LogP contribution in [0, 0.1) is 0 Å². The summed E-state index contributed by atoms with van der Waals surface area (Å²) in [6.45, 7) is 12.7. The Balaban J connectivity index is 2.84. The van der Waals surface area contributed by atoms with Gasteiger partial charge in [0.05, 0.1) is 0 Å². The van der Waals surface area contributed by atoms with E-state index in [2.05, 4.69) is 56.5 Å². The highest BCUT2D eigenvalue weighted by atomic mass is 15.1. The standard InChI is InChI=1S/C14H21N/c1-5-12(4)13-8-10-14(11-9-13)15(6-2)7-3/h8-11H,4-7H2,1-3H3. The molecule has 0 aliphatic heterocycles. The minimum Gasteiger partial charge on any atom is -0.372 e. The zero-order valence-corrected chi connectivity index (χ0v) is 10.1. The van der Waals surface area contributed by atoms with Gasteiger partial charge in [-0.1, -0.05) is 25.6 Å². The number of hydrogen-bond donors (Lipinski definition) is 0. The van der Waals surface area contributed by atoms with Crippen LogP contribution in [0.3, 0.4) is 0 Å². The second kappa shape index (κ2) is 5.59. The SMILES string of the molecule is C=C(CC)c1ccc(N(CC)CC)cc1. The molecule has 0 fully saturated rings. The van der Waals surface area contributed by atoms with Gasteiger partial charge in [0.15, 0.2) is 0 Å². The zero-order valence-electron chi connectivity index (χ0n) is 10.1. The largest absolute Gasteiger partial charge is 0.372 e. The third-order valence-electron chi connectivity index (χ3n) is 2.83. The van der Waals surface area contributed by atoms with E-state index in [9.17, 15) is 0 Å². The van der Waals surface area contributed by atoms with Crippen molar-refractivity contribution in [2.24, 2.45) is 0 Å². The molecule has 0 heterocycles. The van der Waals surface area contributed by atoms with Gasteiger partial charge in [-0.3, -0.25) is 0 Å². The number of benzene rings is 1. The van der Waals surface area contributed by atoms with Gasteiger partial charge in [-0.2, -0.15) is 0 Å². The number of rotatable bonds is 5. The Labute approximate surface area is 93.4 Å². The molecule has 0 atom stereocenters. The maximum absolute atomic E-state index is 4.04. The topological polar surface area (TPSA) is 3.24 Å². The molecule has 0 aliphatic carbocycles. The fourth-order valence-corrected chi connectivity index (χ4v) is 1.70. The molecule has 1 heteroatoms. The predicted octanol–water partition coefficient (Wildman–Crippen LogP) is 3.96. The Kier molecular flexibility index (Phi) is 4.41. The molecule has 15 heavy (non-hydrogen) atoms. The van der Waals surface area contributed by atoms with Crippen molar-refractivity contribution in [2.75, 3.05) is 18.0 Å². The lowest BCUT2D eigenvalue weighted by atomic mass is 10.1. The van der Waals surface area contributed by atoms with Crippen molar-refractivity contribution in [3.05, 3.63) is 36.4 Å². The minimum absolute atomic E-state index is 1.02. The summed E-state index contributed by atoms with van der Waals surface area (Å²) in [6, 6.07) is 8.70. The fourth-order valence-electron chi connectivity index (χ4n) is 1.70. The maximum atomic E-state index is 4.04. The maximum Gasteiger partial charge on any atom is 0.0366 e. The van der Waals surface area contributed by atoms with Crippen LogP contribution < -0.4 is 4.90 Å². The van der Waals surface area contributed by atoms with Gasteiger partial charge in [-0.25, -0.2) is 0 Å². The highest BCUT2D eigenvalue weighted by molar-refractivity contribution is 5.65. The Morgan fingerprint density at radius 1 is 1.07 bits per heavy atom. The van der Waals surface area contributed by atoms with E-state index < -0.39 is 0 Å². The molecule has 0 aromatic heterocycles. The molecule has 0 radical (unpaired) electrons. The van der Waals surface area contributed by atoms with Gasteiger partial charge in [-0.05, 0) is 43.5 Å². The molecule has 0 amide bonds. The van der Waals surface area contributed by atoms with Crippen LogP contribution >= 0.6 is 0 Å². The summed E-state index contributed by atoms with van der Waals surface area (Å²) in [5, 5.41) is 0. The van der Waals surface area contributed by atoms with E-state index in [0.29, 0.717) is 0 Å². The van der Waals surface area contributed by atoms with Gasteiger partial charge < -0.3 is 4.90 Å². The number of allylic oxidation sites excluding steroid dienone is 1. The van der Waals surface area contributed by atoms with Crippen LogP contribution in [-0.2, 0) is 0 Å². The van der Waals surface area contributed by atoms with Crippen molar-refractivity contribution in [3.63, 3.8) is 0 Å². The molecule has 0 aliphatic rings. The third kappa shape index (κ3) is 2.85. The smallest absolute Gasteiger partial charge is 0.0366 e. The Morgan fingerprint density at radius 3 is 2.00 bits per heavy atom. The average molecular weight is 203 g/mol. The van der Waals surface area contributed by atoms with Crippen LogP contribution in [0.1, 0.15) is 32.8 Å². The van der Waals surface area contributed by atoms with Crippen molar-refractivity contribution in [2.45, 2.75) is 27.2 Å². The Morgan fingerprint density at radius 2 is 1.60 bits per heavy atom. The quantitative estimate of drug-likeness (QED) is 0.700. The molecule has 0 spiro atoms. The first-order chi connectivity index (χ1) is 7.22. The first-order valence-electron chi connectivity index (χ1n) is 5.76. The summed E-state index contributed by atoms with van der Waals surface area (Å²) in [6.07, 6.45) is 1.02. The second-order valence-electron chi connectivity index (χ2n) is 3.68. The van der Waals surface area contributed by atoms with Crippen molar-refractivity contribution >= 4 is 11.3 Å². The molecule has 0 N–H and O–H groups in total. The molecule has 0 bridgehead atoms. The van der Waals surface area contributed by atoms with Gasteiger partial charge in [-0.15, -0.1) is 0 Å². The van der Waals surface area contributed by atoms with E-state index in [0.717, 1.165) is 19.5 Å². The van der Waals surface area contributed by atoms with Gasteiger partial charge in [0.2, 0.25) is 0 Å². The zero-order chi connectivity index (χ0) is 11.3. The van der Waals surface area contributed by atoms with Gasteiger partial charge >= 0.3 is 0 Å². The molecule has 1 aromatic rings. The van der Waals surface area contributed by atoms with Crippen LogP contribution in [0.25, 0.3) is 5.57 Å². The van der Waals surface area contributed by atoms with Crippen molar-refractivity contribution < 1.29 is 0 Å². The summed E-state index contributed by atoms with van der Waals surface area (Å²) >= 11 is 0. The van der Waals surface area contributed by atoms with Gasteiger partial charge in [0.1, 0.15) is 0 Å². The molecular weight excluding hydrogens is 182 g/mol.